The predicted octanol–water partition coefficient (Wildman–Crippen LogP) is 7.34. The van der Waals surface area contributed by atoms with Crippen molar-refractivity contribution >= 4 is 35.3 Å². The van der Waals surface area contributed by atoms with Gasteiger partial charge >= 0.3 is 11.9 Å². The zero-order valence-electron chi connectivity index (χ0n) is 35.8. The van der Waals surface area contributed by atoms with E-state index in [-0.39, 0.29) is 72.8 Å². The smallest absolute Gasteiger partial charge is 0.307 e. The Balaban J connectivity index is 0.000000313. The van der Waals surface area contributed by atoms with Gasteiger partial charge in [0.15, 0.2) is 0 Å². The lowest BCUT2D eigenvalue weighted by atomic mass is 9.84. The fourth-order valence-electron chi connectivity index (χ4n) is 7.81. The minimum absolute atomic E-state index is 0.0224. The van der Waals surface area contributed by atoms with E-state index in [2.05, 4.69) is 20.3 Å². The maximum atomic E-state index is 12.5. The molecule has 2 saturated carbocycles. The standard InChI is InChI=1S/C23H37N3O5.C19H29N3O5/c1-16(27)15-26(5)22(29)20-24-21(31-25-20)18(14-19(28)30-23(2,3)4)13-9-12-17-10-7-6-8-11-17;1-13(23)12-22(2)19(26)17-20-18(27-21-17)15(11-16(24)25)10-6-9-14-7-4-3-5-8-14/h17-18H,6-15H2,1-5H3;14-15H,3-12H2,1-2H3,(H,24,25)/t18-;15-/m11/s1. The van der Waals surface area contributed by atoms with Crippen LogP contribution in [0.4, 0.5) is 0 Å². The first-order chi connectivity index (χ1) is 27.4. The average Bonchev–Trinajstić information content (AvgIpc) is 3.85. The topological polar surface area (TPSA) is 216 Å². The van der Waals surface area contributed by atoms with Gasteiger partial charge in [0, 0.05) is 25.9 Å². The number of esters is 1. The van der Waals surface area contributed by atoms with E-state index in [0.717, 1.165) is 43.9 Å². The van der Waals surface area contributed by atoms with Gasteiger partial charge in [-0.05, 0) is 59.3 Å². The number of aliphatic carboxylic acids is 1. The minimum atomic E-state index is -0.933. The zero-order chi connectivity index (χ0) is 42.8. The molecule has 0 aromatic carbocycles. The number of amides is 2. The van der Waals surface area contributed by atoms with E-state index in [1.54, 1.807) is 0 Å². The highest BCUT2D eigenvalue weighted by Gasteiger charge is 2.29. The van der Waals surface area contributed by atoms with Crippen LogP contribution in [0.15, 0.2) is 9.05 Å². The summed E-state index contributed by atoms with van der Waals surface area (Å²) >= 11 is 0. The summed E-state index contributed by atoms with van der Waals surface area (Å²) in [7, 11) is 3.00. The van der Waals surface area contributed by atoms with Crippen LogP contribution in [0.1, 0.15) is 195 Å². The van der Waals surface area contributed by atoms with Crippen LogP contribution >= 0.6 is 0 Å². The molecule has 0 saturated heterocycles. The van der Waals surface area contributed by atoms with Crippen molar-refractivity contribution in [2.45, 2.75) is 168 Å². The molecule has 2 aromatic heterocycles. The van der Waals surface area contributed by atoms with Gasteiger partial charge in [-0.2, -0.15) is 9.97 Å². The molecule has 2 aliphatic rings. The van der Waals surface area contributed by atoms with Crippen molar-refractivity contribution in [2.24, 2.45) is 11.8 Å². The number of aromatic nitrogens is 4. The largest absolute Gasteiger partial charge is 0.481 e. The van der Waals surface area contributed by atoms with Crippen molar-refractivity contribution in [1.82, 2.24) is 30.1 Å². The van der Waals surface area contributed by atoms with Gasteiger partial charge in [-0.25, -0.2) is 0 Å². The SMILES string of the molecule is CC(=O)CN(C)C(=O)c1noc([C@H](CCCC2CCCCC2)CC(=O)O)n1.CC(=O)CN(C)C(=O)c1noc([C@H](CCCC2CCCCC2)CC(=O)OC(C)(C)C)n1. The number of ketones is 2. The molecule has 2 fully saturated rings. The molecule has 0 aliphatic heterocycles. The fourth-order valence-corrected chi connectivity index (χ4v) is 7.81. The molecule has 0 bridgehead atoms. The van der Waals surface area contributed by atoms with Gasteiger partial charge in [-0.15, -0.1) is 0 Å². The first-order valence-corrected chi connectivity index (χ1v) is 21.0. The highest BCUT2D eigenvalue weighted by molar-refractivity contribution is 5.93. The molecule has 2 aromatic rings. The van der Waals surface area contributed by atoms with Crippen LogP contribution in [0.3, 0.4) is 0 Å². The van der Waals surface area contributed by atoms with E-state index >= 15 is 0 Å². The predicted molar refractivity (Wildman–Crippen MR) is 213 cm³/mol. The van der Waals surface area contributed by atoms with E-state index in [9.17, 15) is 33.9 Å². The number of nitrogens with zero attached hydrogens (tertiary/aromatic N) is 6. The average molecular weight is 815 g/mol. The summed E-state index contributed by atoms with van der Waals surface area (Å²) in [6.45, 7) is 8.23. The molecule has 16 nitrogen and oxygen atoms in total. The van der Waals surface area contributed by atoms with Gasteiger partial charge in [-0.3, -0.25) is 28.8 Å². The van der Waals surface area contributed by atoms with Gasteiger partial charge < -0.3 is 28.7 Å². The lowest BCUT2D eigenvalue weighted by Gasteiger charge is -2.23. The first-order valence-electron chi connectivity index (χ1n) is 21.0. The molecule has 16 heteroatoms. The molecule has 0 unspecified atom stereocenters. The second kappa shape index (κ2) is 23.8. The van der Waals surface area contributed by atoms with Crippen LogP contribution in [-0.4, -0.2) is 103 Å². The highest BCUT2D eigenvalue weighted by Crippen LogP contribution is 2.33. The molecular formula is C42H66N6O10. The molecule has 4 rings (SSSR count). The highest BCUT2D eigenvalue weighted by atomic mass is 16.6. The van der Waals surface area contributed by atoms with Crippen LogP contribution in [0.5, 0.6) is 0 Å². The summed E-state index contributed by atoms with van der Waals surface area (Å²) in [5, 5.41) is 16.7. The zero-order valence-corrected chi connectivity index (χ0v) is 35.8. The Hall–Kier alpha value is -4.50. The molecule has 2 aliphatic carbocycles. The molecule has 58 heavy (non-hydrogen) atoms. The molecule has 2 heterocycles. The lowest BCUT2D eigenvalue weighted by molar-refractivity contribution is -0.155. The Morgan fingerprint density at radius 2 is 1.09 bits per heavy atom. The van der Waals surface area contributed by atoms with Gasteiger partial charge in [0.25, 0.3) is 23.5 Å². The molecule has 2 amide bonds. The maximum absolute atomic E-state index is 12.5. The second-order valence-electron chi connectivity index (χ2n) is 17.3. The third-order valence-corrected chi connectivity index (χ3v) is 10.6. The van der Waals surface area contributed by atoms with Crippen molar-refractivity contribution in [3.8, 4) is 0 Å². The number of carbonyl (C=O) groups is 6. The van der Waals surface area contributed by atoms with Crippen LogP contribution in [0.2, 0.25) is 0 Å². The number of hydrogen-bond acceptors (Lipinski definition) is 13. The van der Waals surface area contributed by atoms with E-state index in [1.165, 1.54) is 102 Å². The quantitative estimate of drug-likeness (QED) is 0.130. The number of rotatable bonds is 20. The van der Waals surface area contributed by atoms with Gasteiger partial charge in [0.1, 0.15) is 17.2 Å². The van der Waals surface area contributed by atoms with Crippen LogP contribution < -0.4 is 0 Å². The van der Waals surface area contributed by atoms with Crippen molar-refractivity contribution in [3.05, 3.63) is 23.4 Å². The third kappa shape index (κ3) is 17.6. The first kappa shape index (κ1) is 47.9. The van der Waals surface area contributed by atoms with Crippen LogP contribution in [-0.2, 0) is 23.9 Å². The summed E-state index contributed by atoms with van der Waals surface area (Å²) in [6, 6.07) is 0. The molecule has 0 spiro atoms. The number of carboxylic acid groups (broad SMARTS) is 1. The Morgan fingerprint density at radius 1 is 0.690 bits per heavy atom. The van der Waals surface area contributed by atoms with Crippen molar-refractivity contribution < 1.29 is 47.7 Å². The van der Waals surface area contributed by atoms with Crippen LogP contribution in [0.25, 0.3) is 0 Å². The summed E-state index contributed by atoms with van der Waals surface area (Å²) in [6.07, 6.45) is 18.3. The monoisotopic (exact) mass is 814 g/mol. The molecule has 324 valence electrons. The van der Waals surface area contributed by atoms with E-state index in [4.69, 9.17) is 13.8 Å². The number of hydrogen-bond donors (Lipinski definition) is 1. The van der Waals surface area contributed by atoms with Crippen molar-refractivity contribution in [1.29, 1.82) is 0 Å². The number of carbonyl (C=O) groups excluding carboxylic acids is 5. The summed E-state index contributed by atoms with van der Waals surface area (Å²) in [4.78, 5) is 81.6. The number of ether oxygens (including phenoxy) is 1. The molecular weight excluding hydrogens is 748 g/mol. The lowest BCUT2D eigenvalue weighted by Crippen LogP contribution is -2.31. The normalized spacial score (nSPS) is 16.1. The summed E-state index contributed by atoms with van der Waals surface area (Å²) in [5.74, 6) is -1.56. The Labute approximate surface area is 342 Å². The Bertz CT molecular complexity index is 1640. The molecule has 0 radical (unpaired) electrons. The number of carboxylic acids is 1. The Kier molecular flexibility index (Phi) is 19.6. The van der Waals surface area contributed by atoms with Crippen LogP contribution in [0, 0.1) is 11.8 Å². The van der Waals surface area contributed by atoms with E-state index < -0.39 is 29.3 Å². The third-order valence-electron chi connectivity index (χ3n) is 10.6. The van der Waals surface area contributed by atoms with E-state index in [1.807, 2.05) is 20.8 Å². The Morgan fingerprint density at radius 3 is 1.45 bits per heavy atom. The fraction of sp³-hybridized carbons (Fsp3) is 0.762. The summed E-state index contributed by atoms with van der Waals surface area (Å²) in [5.41, 5.74) is -0.574. The van der Waals surface area contributed by atoms with Gasteiger partial charge in [0.05, 0.1) is 25.9 Å². The van der Waals surface area contributed by atoms with E-state index in [0.29, 0.717) is 6.42 Å². The van der Waals surface area contributed by atoms with Crippen molar-refractivity contribution in [2.75, 3.05) is 27.2 Å². The maximum Gasteiger partial charge on any atom is 0.307 e. The number of Topliss-reactive ketones (excluding diaryl/α,β-unsaturated/α-hetero) is 2. The molecule has 1 N–H and O–H groups in total. The summed E-state index contributed by atoms with van der Waals surface area (Å²) < 4.78 is 16.0. The molecule has 2 atom stereocenters. The minimum Gasteiger partial charge on any atom is -0.481 e. The van der Waals surface area contributed by atoms with Crippen molar-refractivity contribution in [3.63, 3.8) is 0 Å². The number of likely N-dealkylation sites (N-methyl/N-ethyl adjacent to an activating group) is 2. The van der Waals surface area contributed by atoms with Gasteiger partial charge in [0.2, 0.25) is 11.8 Å². The van der Waals surface area contributed by atoms with Gasteiger partial charge in [-0.1, -0.05) is 100 Å². The second-order valence-corrected chi connectivity index (χ2v) is 17.3.